The van der Waals surface area contributed by atoms with Crippen molar-refractivity contribution in [2.24, 2.45) is 5.92 Å². The lowest BCUT2D eigenvalue weighted by Gasteiger charge is -2.24. The second kappa shape index (κ2) is 8.58. The van der Waals surface area contributed by atoms with E-state index in [1.807, 2.05) is 6.07 Å². The lowest BCUT2D eigenvalue weighted by Crippen LogP contribution is -2.36. The van der Waals surface area contributed by atoms with E-state index in [4.69, 9.17) is 0 Å². The summed E-state index contributed by atoms with van der Waals surface area (Å²) in [7, 11) is 0. The van der Waals surface area contributed by atoms with Crippen molar-refractivity contribution in [3.63, 3.8) is 0 Å². The monoisotopic (exact) mass is 395 g/mol. The number of aryl methyl sites for hydroxylation is 3. The second-order valence-corrected chi connectivity index (χ2v) is 9.34. The number of nitrogens with zero attached hydrogens (tertiary/aromatic N) is 2. The van der Waals surface area contributed by atoms with Crippen LogP contribution in [-0.2, 0) is 25.8 Å². The van der Waals surface area contributed by atoms with Gasteiger partial charge in [0, 0.05) is 17.5 Å². The summed E-state index contributed by atoms with van der Waals surface area (Å²) in [6, 6.07) is 11.0. The van der Waals surface area contributed by atoms with Gasteiger partial charge in [-0.3, -0.25) is 9.36 Å². The second-order valence-electron chi connectivity index (χ2n) is 8.26. The van der Waals surface area contributed by atoms with Gasteiger partial charge in [0.05, 0.1) is 11.7 Å². The molecule has 0 saturated heterocycles. The molecule has 0 aliphatic heterocycles. The Hall–Kier alpha value is -1.98. The summed E-state index contributed by atoms with van der Waals surface area (Å²) in [5.74, 6) is 0.661. The molecule has 0 amide bonds. The van der Waals surface area contributed by atoms with Gasteiger partial charge in [-0.2, -0.15) is 0 Å². The van der Waals surface area contributed by atoms with E-state index >= 15 is 0 Å². The molecule has 2 aromatic heterocycles. The van der Waals surface area contributed by atoms with Crippen molar-refractivity contribution in [1.29, 1.82) is 0 Å². The van der Waals surface area contributed by atoms with Gasteiger partial charge in [-0.05, 0) is 55.7 Å². The van der Waals surface area contributed by atoms with Crippen LogP contribution < -0.4 is 10.9 Å². The maximum absolute atomic E-state index is 13.1. The highest BCUT2D eigenvalue weighted by Crippen LogP contribution is 2.33. The van der Waals surface area contributed by atoms with Crippen LogP contribution >= 0.6 is 11.3 Å². The van der Waals surface area contributed by atoms with E-state index in [0.717, 1.165) is 55.4 Å². The van der Waals surface area contributed by atoms with Crippen LogP contribution in [0.5, 0.6) is 0 Å². The van der Waals surface area contributed by atoms with E-state index < -0.39 is 0 Å². The van der Waals surface area contributed by atoms with Gasteiger partial charge < -0.3 is 5.32 Å². The zero-order valence-electron chi connectivity index (χ0n) is 16.8. The zero-order chi connectivity index (χ0) is 19.5. The molecule has 0 radical (unpaired) electrons. The maximum atomic E-state index is 13.1. The van der Waals surface area contributed by atoms with Gasteiger partial charge in [0.1, 0.15) is 4.83 Å². The Labute approximate surface area is 170 Å². The minimum Gasteiger partial charge on any atom is -0.313 e. The van der Waals surface area contributed by atoms with Crippen LogP contribution in [0.15, 0.2) is 41.5 Å². The molecule has 1 unspecified atom stereocenters. The van der Waals surface area contributed by atoms with Gasteiger partial charge in [-0.1, -0.05) is 44.2 Å². The molecule has 3 aromatic rings. The summed E-state index contributed by atoms with van der Waals surface area (Å²) >= 11 is 1.72. The quantitative estimate of drug-likeness (QED) is 0.652. The third-order valence-electron chi connectivity index (χ3n) is 5.56. The van der Waals surface area contributed by atoms with Gasteiger partial charge in [0.15, 0.2) is 0 Å². The smallest absolute Gasteiger partial charge is 0.262 e. The highest BCUT2D eigenvalue weighted by molar-refractivity contribution is 7.18. The van der Waals surface area contributed by atoms with E-state index in [1.165, 1.54) is 16.0 Å². The third-order valence-corrected chi connectivity index (χ3v) is 6.72. The van der Waals surface area contributed by atoms with E-state index in [0.29, 0.717) is 12.0 Å². The van der Waals surface area contributed by atoms with Crippen molar-refractivity contribution in [1.82, 2.24) is 14.9 Å². The van der Waals surface area contributed by atoms with E-state index in [-0.39, 0.29) is 5.56 Å². The molecule has 0 saturated carbocycles. The Bertz CT molecular complexity index is 990. The molecule has 0 bridgehead atoms. The molecule has 1 aromatic carbocycles. The fourth-order valence-corrected chi connectivity index (χ4v) is 5.29. The predicted molar refractivity (Wildman–Crippen MR) is 117 cm³/mol. The summed E-state index contributed by atoms with van der Waals surface area (Å²) in [5.41, 5.74) is 2.72. The first kappa shape index (κ1) is 19.3. The number of rotatable bonds is 7. The van der Waals surface area contributed by atoms with Crippen molar-refractivity contribution < 1.29 is 0 Å². The minimum absolute atomic E-state index is 0.143. The molecule has 5 heteroatoms. The molecule has 0 fully saturated rings. The van der Waals surface area contributed by atoms with Crippen LogP contribution in [0.2, 0.25) is 0 Å². The van der Waals surface area contributed by atoms with Crippen molar-refractivity contribution in [2.75, 3.05) is 6.54 Å². The topological polar surface area (TPSA) is 46.9 Å². The van der Waals surface area contributed by atoms with Crippen molar-refractivity contribution in [3.05, 3.63) is 63.0 Å². The summed E-state index contributed by atoms with van der Waals surface area (Å²) in [4.78, 5) is 20.0. The largest absolute Gasteiger partial charge is 0.313 e. The highest BCUT2D eigenvalue weighted by atomic mass is 32.1. The van der Waals surface area contributed by atoms with E-state index in [2.05, 4.69) is 48.4 Å². The fourth-order valence-electron chi connectivity index (χ4n) is 4.04. The van der Waals surface area contributed by atoms with Crippen LogP contribution in [0.1, 0.15) is 42.7 Å². The third kappa shape index (κ3) is 4.20. The SMILES string of the molecule is CC(C)CNC1CCc2c(sc3ncn(CCCc4ccccc4)c(=O)c23)C1. The lowest BCUT2D eigenvalue weighted by molar-refractivity contribution is 0.428. The standard InChI is InChI=1S/C23H29N3OS/c1-16(2)14-24-18-10-11-19-20(13-18)28-22-21(19)23(27)26(15-25-22)12-6-9-17-7-4-3-5-8-17/h3-5,7-8,15-16,18,24H,6,9-14H2,1-2H3. The van der Waals surface area contributed by atoms with Crippen LogP contribution in [0.3, 0.4) is 0 Å². The number of hydrogen-bond donors (Lipinski definition) is 1. The van der Waals surface area contributed by atoms with Gasteiger partial charge in [-0.15, -0.1) is 11.3 Å². The first-order chi connectivity index (χ1) is 13.6. The van der Waals surface area contributed by atoms with Crippen molar-refractivity contribution >= 4 is 21.6 Å². The summed E-state index contributed by atoms with van der Waals surface area (Å²) in [5, 5.41) is 4.56. The number of thiophene rings is 1. The van der Waals surface area contributed by atoms with Crippen molar-refractivity contribution in [2.45, 2.75) is 58.5 Å². The predicted octanol–water partition coefficient (Wildman–Crippen LogP) is 4.19. The van der Waals surface area contributed by atoms with Gasteiger partial charge in [0.2, 0.25) is 0 Å². The van der Waals surface area contributed by atoms with E-state index in [9.17, 15) is 4.79 Å². The van der Waals surface area contributed by atoms with Gasteiger partial charge >= 0.3 is 0 Å². The fraction of sp³-hybridized carbons (Fsp3) is 0.478. The Kier molecular flexibility index (Phi) is 5.93. The number of benzene rings is 1. The summed E-state index contributed by atoms with van der Waals surface area (Å²) in [6.07, 6.45) is 6.79. The molecule has 4 rings (SSSR count). The van der Waals surface area contributed by atoms with Crippen LogP contribution in [0, 0.1) is 5.92 Å². The normalized spacial score (nSPS) is 16.6. The van der Waals surface area contributed by atoms with Crippen molar-refractivity contribution in [3.8, 4) is 0 Å². The van der Waals surface area contributed by atoms with Gasteiger partial charge in [-0.25, -0.2) is 4.98 Å². The van der Waals surface area contributed by atoms with Gasteiger partial charge in [0.25, 0.3) is 5.56 Å². The molecule has 1 atom stereocenters. The molecule has 4 nitrogen and oxygen atoms in total. The summed E-state index contributed by atoms with van der Waals surface area (Å²) < 4.78 is 1.81. The number of nitrogens with one attached hydrogen (secondary N) is 1. The molecule has 0 spiro atoms. The van der Waals surface area contributed by atoms with Crippen LogP contribution in [0.4, 0.5) is 0 Å². The maximum Gasteiger partial charge on any atom is 0.262 e. The molecule has 1 aliphatic rings. The Morgan fingerprint density at radius 1 is 1.29 bits per heavy atom. The van der Waals surface area contributed by atoms with Crippen LogP contribution in [-0.4, -0.2) is 22.1 Å². The van der Waals surface area contributed by atoms with Crippen LogP contribution in [0.25, 0.3) is 10.2 Å². The molecule has 28 heavy (non-hydrogen) atoms. The Morgan fingerprint density at radius 3 is 2.89 bits per heavy atom. The first-order valence-corrected chi connectivity index (χ1v) is 11.2. The number of fused-ring (bicyclic) bond motifs is 3. The number of hydrogen-bond acceptors (Lipinski definition) is 4. The first-order valence-electron chi connectivity index (χ1n) is 10.4. The Balaban J connectivity index is 1.49. The lowest BCUT2D eigenvalue weighted by atomic mass is 9.93. The van der Waals surface area contributed by atoms with E-state index in [1.54, 1.807) is 22.2 Å². The molecule has 148 valence electrons. The molecular formula is C23H29N3OS. The molecule has 1 aliphatic carbocycles. The average Bonchev–Trinajstić information content (AvgIpc) is 3.07. The molecule has 2 heterocycles. The average molecular weight is 396 g/mol. The minimum atomic E-state index is 0.143. The summed E-state index contributed by atoms with van der Waals surface area (Å²) in [6.45, 7) is 6.26. The Morgan fingerprint density at radius 2 is 2.11 bits per heavy atom. The zero-order valence-corrected chi connectivity index (χ0v) is 17.6. The number of aromatic nitrogens is 2. The molecular weight excluding hydrogens is 366 g/mol. The highest BCUT2D eigenvalue weighted by Gasteiger charge is 2.25. The molecule has 1 N–H and O–H groups in total.